The highest BCUT2D eigenvalue weighted by Gasteiger charge is 2.70. The van der Waals surface area contributed by atoms with Gasteiger partial charge in [0.2, 0.25) is 0 Å². The van der Waals surface area contributed by atoms with Crippen LogP contribution in [0, 0.1) is 50.2 Å². The van der Waals surface area contributed by atoms with E-state index in [1.54, 1.807) is 35.9 Å². The van der Waals surface area contributed by atoms with E-state index in [2.05, 4.69) is 61.5 Å². The van der Waals surface area contributed by atoms with Gasteiger partial charge in [-0.05, 0) is 121 Å². The van der Waals surface area contributed by atoms with E-state index in [-0.39, 0.29) is 56.4 Å². The van der Waals surface area contributed by atoms with Crippen LogP contribution in [-0.4, -0.2) is 28.4 Å². The van der Waals surface area contributed by atoms with E-state index < -0.39 is 0 Å². The molecule has 0 amide bonds. The lowest BCUT2D eigenvalue weighted by Gasteiger charge is -2.73. The van der Waals surface area contributed by atoms with Crippen molar-refractivity contribution in [2.24, 2.45) is 50.2 Å². The van der Waals surface area contributed by atoms with Crippen LogP contribution in [0.3, 0.4) is 0 Å². The van der Waals surface area contributed by atoms with Crippen LogP contribution in [0.5, 0.6) is 5.75 Å². The summed E-state index contributed by atoms with van der Waals surface area (Å²) in [4.78, 5) is 13.0. The number of fused-ring (bicyclic) bond motifs is 7. The molecule has 5 aliphatic rings. The average Bonchev–Trinajstić information content (AvgIpc) is 2.92. The molecule has 4 heteroatoms. The third-order valence-corrected chi connectivity index (χ3v) is 14.6. The molecule has 0 heterocycles. The fraction of sp³-hybridized carbons (Fsp3) is 0.718. The summed E-state index contributed by atoms with van der Waals surface area (Å²) in [6, 6.07) is 6.84. The largest absolute Gasteiger partial charge is 0.508 e. The van der Waals surface area contributed by atoms with Crippen molar-refractivity contribution >= 4 is 12.0 Å². The van der Waals surface area contributed by atoms with Gasteiger partial charge in [0.25, 0.3) is 0 Å². The number of allylic oxidation sites excluding steroid dienone is 1. The van der Waals surface area contributed by atoms with Gasteiger partial charge in [-0.15, -0.1) is 0 Å². The van der Waals surface area contributed by atoms with Crippen molar-refractivity contribution in [2.45, 2.75) is 125 Å². The first-order valence-corrected chi connectivity index (χ1v) is 17.1. The molecule has 6 rings (SSSR count). The van der Waals surface area contributed by atoms with Gasteiger partial charge in [0.05, 0.1) is 6.10 Å². The zero-order valence-electron chi connectivity index (χ0n) is 28.0. The van der Waals surface area contributed by atoms with Gasteiger partial charge in [0, 0.05) is 16.9 Å². The Morgan fingerprint density at radius 2 is 1.53 bits per heavy atom. The van der Waals surface area contributed by atoms with E-state index in [0.717, 1.165) is 44.1 Å². The molecule has 0 bridgehead atoms. The summed E-state index contributed by atoms with van der Waals surface area (Å²) in [5.41, 5.74) is 2.87. The Balaban J connectivity index is 1.25. The molecular weight excluding hydrogens is 532 g/mol. The standard InChI is InChI=1S/C39H56O4/c1-34(2)21-22-36(5)28(23-34)27-14-15-30-37(6)19-18-32(43-33(42)16-11-25-9-12-26(40)13-10-25)35(3,4)29(37)17-20-38(30,7)39(27,8)24-31(36)41/h9-13,16,23,27,29-32,40-41H,14-15,17-22,24H2,1-8H3/b16-11+/t27-,29+,30-,31+,32+,36+,37+,38-,39-/m1/s1. The zero-order valence-corrected chi connectivity index (χ0v) is 28.0. The van der Waals surface area contributed by atoms with Gasteiger partial charge in [-0.1, -0.05) is 79.2 Å². The molecule has 0 saturated heterocycles. The van der Waals surface area contributed by atoms with Gasteiger partial charge in [-0.3, -0.25) is 0 Å². The molecule has 4 saturated carbocycles. The van der Waals surface area contributed by atoms with E-state index in [1.165, 1.54) is 25.3 Å². The number of rotatable bonds is 3. The maximum Gasteiger partial charge on any atom is 0.331 e. The predicted molar refractivity (Wildman–Crippen MR) is 173 cm³/mol. The molecule has 9 atom stereocenters. The minimum Gasteiger partial charge on any atom is -0.508 e. The van der Waals surface area contributed by atoms with E-state index in [1.807, 2.05) is 0 Å². The quantitative estimate of drug-likeness (QED) is 0.210. The predicted octanol–water partition coefficient (Wildman–Crippen LogP) is 9.11. The van der Waals surface area contributed by atoms with Crippen molar-refractivity contribution in [2.75, 3.05) is 0 Å². The second-order valence-corrected chi connectivity index (χ2v) is 17.6. The van der Waals surface area contributed by atoms with Crippen LogP contribution in [0.15, 0.2) is 42.0 Å². The smallest absolute Gasteiger partial charge is 0.331 e. The van der Waals surface area contributed by atoms with Crippen LogP contribution in [-0.2, 0) is 9.53 Å². The van der Waals surface area contributed by atoms with Crippen LogP contribution in [0.1, 0.15) is 119 Å². The molecule has 4 nitrogen and oxygen atoms in total. The van der Waals surface area contributed by atoms with Crippen LogP contribution in [0.25, 0.3) is 6.08 Å². The van der Waals surface area contributed by atoms with Crippen molar-refractivity contribution in [3.05, 3.63) is 47.6 Å². The lowest BCUT2D eigenvalue weighted by Crippen LogP contribution is -2.67. The summed E-state index contributed by atoms with van der Waals surface area (Å²) >= 11 is 0. The van der Waals surface area contributed by atoms with E-state index >= 15 is 0 Å². The number of ether oxygens (including phenoxy) is 1. The molecule has 1 aromatic rings. The first-order chi connectivity index (χ1) is 20.0. The number of esters is 1. The Labute approximate surface area is 260 Å². The maximum absolute atomic E-state index is 13.0. The summed E-state index contributed by atoms with van der Waals surface area (Å²) in [5.74, 6) is 1.56. The highest BCUT2D eigenvalue weighted by molar-refractivity contribution is 5.87. The van der Waals surface area contributed by atoms with Crippen molar-refractivity contribution in [3.63, 3.8) is 0 Å². The van der Waals surface area contributed by atoms with Gasteiger partial charge in [0.1, 0.15) is 11.9 Å². The normalized spacial score (nSPS) is 44.8. The second kappa shape index (κ2) is 9.96. The van der Waals surface area contributed by atoms with Crippen LogP contribution >= 0.6 is 0 Å². The van der Waals surface area contributed by atoms with Crippen LogP contribution < -0.4 is 0 Å². The molecule has 5 aliphatic carbocycles. The number of aromatic hydroxyl groups is 1. The highest BCUT2D eigenvalue weighted by Crippen LogP contribution is 2.76. The van der Waals surface area contributed by atoms with Crippen LogP contribution in [0.2, 0.25) is 0 Å². The molecule has 4 fully saturated rings. The lowest BCUT2D eigenvalue weighted by atomic mass is 9.32. The molecule has 236 valence electrons. The minimum atomic E-state index is -0.286. The number of carbonyl (C=O) groups is 1. The fourth-order valence-electron chi connectivity index (χ4n) is 11.8. The number of benzene rings is 1. The first-order valence-electron chi connectivity index (χ1n) is 17.1. The number of hydrogen-bond donors (Lipinski definition) is 2. The average molecular weight is 589 g/mol. The third-order valence-electron chi connectivity index (χ3n) is 14.6. The molecule has 0 spiro atoms. The SMILES string of the molecule is CC1(C)C=C2[C@H]3CC[C@@H]4[C@@]5(C)CC[C@H](OC(=O)/C=C/c6ccc(O)cc6)C(C)(C)[C@@H]5CC[C@@]4(C)[C@]3(C)C[C@H](O)[C@@]2(C)CC1. The summed E-state index contributed by atoms with van der Waals surface area (Å²) in [6.07, 6.45) is 15.4. The Hall–Kier alpha value is -2.07. The Bertz CT molecular complexity index is 1320. The second-order valence-electron chi connectivity index (χ2n) is 17.6. The maximum atomic E-state index is 13.0. The van der Waals surface area contributed by atoms with E-state index in [0.29, 0.717) is 17.8 Å². The van der Waals surface area contributed by atoms with Gasteiger partial charge in [0.15, 0.2) is 0 Å². The highest BCUT2D eigenvalue weighted by atomic mass is 16.5. The number of phenols is 1. The number of aliphatic hydroxyl groups is 1. The topological polar surface area (TPSA) is 66.8 Å². The molecule has 2 N–H and O–H groups in total. The number of carbonyl (C=O) groups excluding carboxylic acids is 1. The van der Waals surface area contributed by atoms with Crippen molar-refractivity contribution in [1.82, 2.24) is 0 Å². The monoisotopic (exact) mass is 588 g/mol. The van der Waals surface area contributed by atoms with E-state index in [9.17, 15) is 15.0 Å². The summed E-state index contributed by atoms with van der Waals surface area (Å²) in [6.45, 7) is 19.5. The lowest BCUT2D eigenvalue weighted by molar-refractivity contribution is -0.240. The number of aliphatic hydroxyl groups excluding tert-OH is 1. The summed E-state index contributed by atoms with van der Waals surface area (Å²) in [5, 5.41) is 21.4. The van der Waals surface area contributed by atoms with Gasteiger partial charge >= 0.3 is 5.97 Å². The van der Waals surface area contributed by atoms with Crippen molar-refractivity contribution < 1.29 is 19.7 Å². The van der Waals surface area contributed by atoms with Gasteiger partial charge in [-0.25, -0.2) is 4.79 Å². The number of phenolic OH excluding ortho intramolecular Hbond substituents is 1. The fourth-order valence-corrected chi connectivity index (χ4v) is 11.8. The zero-order chi connectivity index (χ0) is 31.2. The molecule has 43 heavy (non-hydrogen) atoms. The van der Waals surface area contributed by atoms with Crippen molar-refractivity contribution in [1.29, 1.82) is 0 Å². The van der Waals surface area contributed by atoms with Crippen LogP contribution in [0.4, 0.5) is 0 Å². The van der Waals surface area contributed by atoms with Crippen molar-refractivity contribution in [3.8, 4) is 5.75 Å². The molecule has 0 aliphatic heterocycles. The summed E-state index contributed by atoms with van der Waals surface area (Å²) < 4.78 is 6.20. The molecule has 0 unspecified atom stereocenters. The van der Waals surface area contributed by atoms with Gasteiger partial charge in [-0.2, -0.15) is 0 Å². The first kappa shape index (κ1) is 30.9. The summed E-state index contributed by atoms with van der Waals surface area (Å²) in [7, 11) is 0. The minimum absolute atomic E-state index is 0.0779. The molecule has 0 radical (unpaired) electrons. The van der Waals surface area contributed by atoms with E-state index in [4.69, 9.17) is 4.74 Å². The Morgan fingerprint density at radius 3 is 2.23 bits per heavy atom. The molecule has 0 aromatic heterocycles. The third kappa shape index (κ3) is 4.59. The Morgan fingerprint density at radius 1 is 0.837 bits per heavy atom. The Kier molecular flexibility index (Phi) is 7.17. The molecular formula is C39H56O4. The molecule has 1 aromatic carbocycles. The van der Waals surface area contributed by atoms with Gasteiger partial charge < -0.3 is 14.9 Å². The number of hydrogen-bond acceptors (Lipinski definition) is 4.